The molecular formula is C13H23N5O2. The lowest BCUT2D eigenvalue weighted by Gasteiger charge is -2.20. The van der Waals surface area contributed by atoms with Crippen molar-refractivity contribution < 1.29 is 9.21 Å². The highest BCUT2D eigenvalue weighted by Gasteiger charge is 2.24. The van der Waals surface area contributed by atoms with Gasteiger partial charge in [0.15, 0.2) is 0 Å². The van der Waals surface area contributed by atoms with Gasteiger partial charge in [0.2, 0.25) is 11.8 Å². The predicted octanol–water partition coefficient (Wildman–Crippen LogP) is 0.990. The van der Waals surface area contributed by atoms with E-state index in [-0.39, 0.29) is 11.9 Å². The lowest BCUT2D eigenvalue weighted by atomic mass is 10.3. The molecule has 112 valence electrons. The van der Waals surface area contributed by atoms with Crippen LogP contribution in [0.15, 0.2) is 4.42 Å². The minimum Gasteiger partial charge on any atom is -0.407 e. The Kier molecular flexibility index (Phi) is 4.94. The first-order valence-electron chi connectivity index (χ1n) is 7.17. The van der Waals surface area contributed by atoms with E-state index in [0.29, 0.717) is 24.5 Å². The van der Waals surface area contributed by atoms with Crippen LogP contribution in [0.3, 0.4) is 0 Å². The summed E-state index contributed by atoms with van der Waals surface area (Å²) in [5.74, 6) is 0.601. The van der Waals surface area contributed by atoms with Gasteiger partial charge in [-0.15, -0.1) is 5.10 Å². The molecule has 1 atom stereocenters. The van der Waals surface area contributed by atoms with Crippen LogP contribution in [-0.2, 0) is 11.3 Å². The number of rotatable bonds is 6. The zero-order chi connectivity index (χ0) is 14.5. The summed E-state index contributed by atoms with van der Waals surface area (Å²) in [6.07, 6.45) is 2.17. The molecule has 0 radical (unpaired) electrons. The Morgan fingerprint density at radius 3 is 2.65 bits per heavy atom. The predicted molar refractivity (Wildman–Crippen MR) is 75.2 cm³/mol. The van der Waals surface area contributed by atoms with Crippen molar-refractivity contribution in [2.45, 2.75) is 52.2 Å². The Labute approximate surface area is 119 Å². The molecule has 1 aromatic heterocycles. The topological polar surface area (TPSA) is 83.3 Å². The van der Waals surface area contributed by atoms with E-state index in [0.717, 1.165) is 25.9 Å². The maximum absolute atomic E-state index is 12.1. The van der Waals surface area contributed by atoms with Crippen molar-refractivity contribution >= 4 is 11.9 Å². The van der Waals surface area contributed by atoms with Crippen LogP contribution in [0.4, 0.5) is 6.01 Å². The van der Waals surface area contributed by atoms with E-state index in [1.165, 1.54) is 0 Å². The lowest BCUT2D eigenvalue weighted by Crippen LogP contribution is -2.39. The Morgan fingerprint density at radius 1 is 1.30 bits per heavy atom. The highest BCUT2D eigenvalue weighted by atomic mass is 16.4. The summed E-state index contributed by atoms with van der Waals surface area (Å²) in [7, 11) is 0. The number of aromatic nitrogens is 2. The quantitative estimate of drug-likeness (QED) is 0.809. The fraction of sp³-hybridized carbons (Fsp3) is 0.769. The molecule has 7 nitrogen and oxygen atoms in total. The number of carbonyl (C=O) groups is 1. The van der Waals surface area contributed by atoms with Gasteiger partial charge in [0, 0.05) is 19.1 Å². The first-order valence-corrected chi connectivity index (χ1v) is 7.17. The molecule has 0 aliphatic carbocycles. The largest absolute Gasteiger partial charge is 0.407 e. The molecule has 1 aliphatic rings. The Bertz CT molecular complexity index is 440. The summed E-state index contributed by atoms with van der Waals surface area (Å²) in [5, 5.41) is 14.0. The summed E-state index contributed by atoms with van der Waals surface area (Å²) in [5.41, 5.74) is 0. The van der Waals surface area contributed by atoms with Crippen LogP contribution in [0.25, 0.3) is 0 Å². The second-order valence-corrected chi connectivity index (χ2v) is 5.43. The summed E-state index contributed by atoms with van der Waals surface area (Å²) in [6, 6.07) is 0.305. The third kappa shape index (κ3) is 3.93. The van der Waals surface area contributed by atoms with Crippen LogP contribution < -0.4 is 10.6 Å². The summed E-state index contributed by atoms with van der Waals surface area (Å²) < 4.78 is 5.45. The first-order chi connectivity index (χ1) is 9.56. The van der Waals surface area contributed by atoms with Gasteiger partial charge in [-0.2, -0.15) is 0 Å². The molecule has 0 saturated carbocycles. The molecular weight excluding hydrogens is 258 g/mol. The van der Waals surface area contributed by atoms with Gasteiger partial charge >= 0.3 is 6.01 Å². The number of carbonyl (C=O) groups excluding carboxylic acids is 1. The summed E-state index contributed by atoms with van der Waals surface area (Å²) >= 11 is 0. The molecule has 2 rings (SSSR count). The van der Waals surface area contributed by atoms with Gasteiger partial charge in [-0.25, -0.2) is 0 Å². The molecule has 1 saturated heterocycles. The molecule has 20 heavy (non-hydrogen) atoms. The number of amides is 1. The van der Waals surface area contributed by atoms with Gasteiger partial charge in [-0.1, -0.05) is 18.9 Å². The Balaban J connectivity index is 1.84. The van der Waals surface area contributed by atoms with E-state index in [9.17, 15) is 4.79 Å². The van der Waals surface area contributed by atoms with E-state index in [1.54, 1.807) is 0 Å². The number of likely N-dealkylation sites (tertiary alicyclic amines) is 1. The smallest absolute Gasteiger partial charge is 0.316 e. The van der Waals surface area contributed by atoms with Gasteiger partial charge in [0.05, 0.1) is 6.54 Å². The van der Waals surface area contributed by atoms with Crippen molar-refractivity contribution in [1.82, 2.24) is 20.4 Å². The Morgan fingerprint density at radius 2 is 2.00 bits per heavy atom. The van der Waals surface area contributed by atoms with Crippen LogP contribution in [0.5, 0.6) is 0 Å². The normalized spacial score (nSPS) is 16.7. The number of hydrogen-bond donors (Lipinski definition) is 2. The molecule has 7 heteroatoms. The maximum atomic E-state index is 12.1. The molecule has 0 spiro atoms. The molecule has 0 bridgehead atoms. The maximum Gasteiger partial charge on any atom is 0.316 e. The van der Waals surface area contributed by atoms with Crippen molar-refractivity contribution in [3.63, 3.8) is 0 Å². The van der Waals surface area contributed by atoms with Gasteiger partial charge in [0.25, 0.3) is 0 Å². The molecule has 1 fully saturated rings. The highest BCUT2D eigenvalue weighted by molar-refractivity contribution is 5.83. The second-order valence-electron chi connectivity index (χ2n) is 5.43. The molecule has 1 unspecified atom stereocenters. The third-order valence-electron chi connectivity index (χ3n) is 3.26. The summed E-state index contributed by atoms with van der Waals surface area (Å²) in [4.78, 5) is 14.0. The summed E-state index contributed by atoms with van der Waals surface area (Å²) in [6.45, 7) is 8.13. The van der Waals surface area contributed by atoms with Crippen molar-refractivity contribution in [3.8, 4) is 0 Å². The van der Waals surface area contributed by atoms with Crippen LogP contribution in [0.2, 0.25) is 0 Å². The first kappa shape index (κ1) is 14.8. The van der Waals surface area contributed by atoms with Crippen LogP contribution in [0, 0.1) is 0 Å². The van der Waals surface area contributed by atoms with Crippen molar-refractivity contribution in [1.29, 1.82) is 0 Å². The van der Waals surface area contributed by atoms with Crippen molar-refractivity contribution in [2.75, 3.05) is 18.4 Å². The fourth-order valence-corrected chi connectivity index (χ4v) is 2.13. The number of nitrogens with one attached hydrogen (secondary N) is 2. The minimum atomic E-state index is -0.348. The zero-order valence-electron chi connectivity index (χ0n) is 12.3. The molecule has 2 N–H and O–H groups in total. The van der Waals surface area contributed by atoms with Crippen LogP contribution in [-0.4, -0.2) is 46.2 Å². The average Bonchev–Trinajstić information content (AvgIpc) is 3.06. The lowest BCUT2D eigenvalue weighted by molar-refractivity contribution is -0.130. The average molecular weight is 281 g/mol. The van der Waals surface area contributed by atoms with Crippen LogP contribution in [0.1, 0.15) is 39.5 Å². The fourth-order valence-electron chi connectivity index (χ4n) is 2.13. The van der Waals surface area contributed by atoms with Crippen LogP contribution >= 0.6 is 0 Å². The molecule has 2 heterocycles. The van der Waals surface area contributed by atoms with E-state index in [1.807, 2.05) is 25.7 Å². The van der Waals surface area contributed by atoms with Crippen molar-refractivity contribution in [2.24, 2.45) is 0 Å². The van der Waals surface area contributed by atoms with E-state index < -0.39 is 0 Å². The van der Waals surface area contributed by atoms with Gasteiger partial charge in [-0.05, 0) is 19.8 Å². The van der Waals surface area contributed by atoms with E-state index in [2.05, 4.69) is 20.8 Å². The van der Waals surface area contributed by atoms with Crippen molar-refractivity contribution in [3.05, 3.63) is 5.89 Å². The second kappa shape index (κ2) is 6.69. The highest BCUT2D eigenvalue weighted by Crippen LogP contribution is 2.12. The van der Waals surface area contributed by atoms with Gasteiger partial charge in [-0.3, -0.25) is 4.79 Å². The SMILES string of the molecule is CC(C)NCc1nnc(NC(C)C(=O)N2CCCC2)o1. The third-order valence-corrected chi connectivity index (χ3v) is 3.26. The number of hydrogen-bond acceptors (Lipinski definition) is 6. The zero-order valence-corrected chi connectivity index (χ0v) is 12.3. The van der Waals surface area contributed by atoms with E-state index in [4.69, 9.17) is 4.42 Å². The molecule has 1 aliphatic heterocycles. The monoisotopic (exact) mass is 281 g/mol. The van der Waals surface area contributed by atoms with Gasteiger partial charge < -0.3 is 20.0 Å². The van der Waals surface area contributed by atoms with Gasteiger partial charge in [0.1, 0.15) is 6.04 Å². The molecule has 1 amide bonds. The standard InChI is InChI=1S/C13H23N5O2/c1-9(2)14-8-11-16-17-13(20-11)15-10(3)12(19)18-6-4-5-7-18/h9-10,14H,4-8H2,1-3H3,(H,15,17). The minimum absolute atomic E-state index is 0.0857. The Hall–Kier alpha value is -1.63. The van der Waals surface area contributed by atoms with E-state index >= 15 is 0 Å². The molecule has 1 aromatic rings. The number of nitrogens with zero attached hydrogens (tertiary/aromatic N) is 3. The molecule has 0 aromatic carbocycles. The number of anilines is 1.